The molecule has 0 aliphatic heterocycles. The van der Waals surface area contributed by atoms with Gasteiger partial charge in [-0.25, -0.2) is 9.38 Å². The summed E-state index contributed by atoms with van der Waals surface area (Å²) >= 11 is 0. The Balaban J connectivity index is 1.45. The summed E-state index contributed by atoms with van der Waals surface area (Å²) in [5.74, 6) is -1.59. The molecule has 0 heterocycles. The number of hydrogen-bond acceptors (Lipinski definition) is 3. The minimum absolute atomic E-state index is 0.0130. The maximum atomic E-state index is 13.8. The van der Waals surface area contributed by atoms with Crippen LogP contribution in [0.15, 0.2) is 83.9 Å². The number of nitrogens with one attached hydrogen (secondary N) is 1. The van der Waals surface area contributed by atoms with Crippen LogP contribution in [0, 0.1) is 18.2 Å². The van der Waals surface area contributed by atoms with Crippen LogP contribution >= 0.6 is 0 Å². The number of amidine groups is 1. The molecule has 1 saturated carbocycles. The lowest BCUT2D eigenvalue weighted by molar-refractivity contribution is -0.143. The fourth-order valence-electron chi connectivity index (χ4n) is 5.80. The van der Waals surface area contributed by atoms with E-state index in [9.17, 15) is 40.3 Å². The van der Waals surface area contributed by atoms with Crippen LogP contribution in [-0.2, 0) is 23.6 Å². The Morgan fingerprint density at radius 1 is 0.860 bits per heavy atom. The van der Waals surface area contributed by atoms with Crippen molar-refractivity contribution < 1.29 is 45.1 Å². The van der Waals surface area contributed by atoms with E-state index in [4.69, 9.17) is 10.5 Å². The van der Waals surface area contributed by atoms with E-state index < -0.39 is 52.3 Å². The van der Waals surface area contributed by atoms with Gasteiger partial charge in [-0.3, -0.25) is 9.59 Å². The maximum absolute atomic E-state index is 13.8. The molecule has 4 aromatic carbocycles. The second-order valence-corrected chi connectivity index (χ2v) is 12.2. The van der Waals surface area contributed by atoms with Gasteiger partial charge >= 0.3 is 12.4 Å². The molecule has 5 rings (SSSR count). The molecule has 1 aliphatic rings. The number of aryl methyl sites for hydroxylation is 1. The van der Waals surface area contributed by atoms with Gasteiger partial charge < -0.3 is 15.8 Å². The molecule has 0 saturated heterocycles. The summed E-state index contributed by atoms with van der Waals surface area (Å²) in [6, 6.07) is 16.2. The number of alkyl halides is 6. The first-order valence-corrected chi connectivity index (χ1v) is 15.5. The van der Waals surface area contributed by atoms with Crippen molar-refractivity contribution in [3.8, 4) is 28.0 Å². The van der Waals surface area contributed by atoms with E-state index in [2.05, 4.69) is 10.3 Å². The van der Waals surface area contributed by atoms with Crippen LogP contribution in [0.4, 0.5) is 30.7 Å². The summed E-state index contributed by atoms with van der Waals surface area (Å²) in [6.07, 6.45) is -9.78. The highest BCUT2D eigenvalue weighted by Crippen LogP contribution is 2.50. The number of nitrogens with two attached hydrogens (primary N) is 1. The molecule has 13 heteroatoms. The van der Waals surface area contributed by atoms with Gasteiger partial charge in [-0.1, -0.05) is 36.4 Å². The Morgan fingerprint density at radius 2 is 1.44 bits per heavy atom. The molecule has 2 amide bonds. The standard InChI is InChI=1S/C37H32F7N3O3/c1-4-50-31-12-10-25(26-14-27(36(39,40)41)17-28(15-26)37(42,43)44)16-29(31)33(48)47-32-19-35(32,34(49)46-21(3)45)18-22-5-7-23(8-6-22)24-9-11-30(38)20(2)13-24/h5-17,32H,4,18-19H2,1-3H3,(H,47,48)(H2,45,46,49). The number of carbonyl (C=O) groups excluding carboxylic acids is 2. The van der Waals surface area contributed by atoms with E-state index in [-0.39, 0.29) is 54.0 Å². The van der Waals surface area contributed by atoms with Crippen LogP contribution < -0.4 is 15.8 Å². The molecule has 1 aliphatic carbocycles. The highest BCUT2D eigenvalue weighted by Gasteiger charge is 2.60. The van der Waals surface area contributed by atoms with E-state index in [1.807, 2.05) is 12.1 Å². The van der Waals surface area contributed by atoms with Gasteiger partial charge in [0.15, 0.2) is 0 Å². The zero-order chi connectivity index (χ0) is 36.6. The normalized spacial score (nSPS) is 17.7. The van der Waals surface area contributed by atoms with E-state index in [1.165, 1.54) is 25.1 Å². The molecule has 3 N–H and O–H groups in total. The van der Waals surface area contributed by atoms with Crippen LogP contribution in [0.1, 0.15) is 52.9 Å². The lowest BCUT2D eigenvalue weighted by atomic mass is 9.93. The molecule has 50 heavy (non-hydrogen) atoms. The summed E-state index contributed by atoms with van der Waals surface area (Å²) in [6.45, 7) is 4.84. The molecular formula is C37H32F7N3O3. The summed E-state index contributed by atoms with van der Waals surface area (Å²) in [4.78, 5) is 31.1. The number of nitrogens with zero attached hydrogens (tertiary/aromatic N) is 1. The molecule has 0 spiro atoms. The maximum Gasteiger partial charge on any atom is 0.416 e. The number of amides is 2. The topological polar surface area (TPSA) is 93.8 Å². The van der Waals surface area contributed by atoms with Gasteiger partial charge in [0, 0.05) is 6.04 Å². The van der Waals surface area contributed by atoms with Gasteiger partial charge in [0.25, 0.3) is 11.8 Å². The largest absolute Gasteiger partial charge is 0.493 e. The van der Waals surface area contributed by atoms with Gasteiger partial charge in [-0.05, 0) is 109 Å². The summed E-state index contributed by atoms with van der Waals surface area (Å²) in [5.41, 5.74) is 3.73. The average Bonchev–Trinajstić information content (AvgIpc) is 3.74. The summed E-state index contributed by atoms with van der Waals surface area (Å²) in [7, 11) is 0. The third-order valence-corrected chi connectivity index (χ3v) is 8.49. The quantitative estimate of drug-likeness (QED) is 0.104. The third kappa shape index (κ3) is 7.82. The van der Waals surface area contributed by atoms with E-state index in [0.717, 1.165) is 22.8 Å². The Morgan fingerprint density at radius 3 is 2.00 bits per heavy atom. The first-order valence-electron chi connectivity index (χ1n) is 15.5. The molecule has 4 aromatic rings. The van der Waals surface area contributed by atoms with Crippen molar-refractivity contribution in [1.82, 2.24) is 5.32 Å². The van der Waals surface area contributed by atoms with Crippen LogP contribution in [0.3, 0.4) is 0 Å². The van der Waals surface area contributed by atoms with E-state index >= 15 is 0 Å². The van der Waals surface area contributed by atoms with Crippen molar-refractivity contribution in [3.05, 3.63) is 112 Å². The zero-order valence-electron chi connectivity index (χ0n) is 27.1. The minimum Gasteiger partial charge on any atom is -0.493 e. The Kier molecular flexibility index (Phi) is 9.82. The smallest absolute Gasteiger partial charge is 0.416 e. The van der Waals surface area contributed by atoms with Gasteiger partial charge in [-0.2, -0.15) is 26.3 Å². The number of hydrogen-bond donors (Lipinski definition) is 2. The Hall–Kier alpha value is -5.20. The van der Waals surface area contributed by atoms with E-state index in [1.54, 1.807) is 38.1 Å². The number of rotatable bonds is 9. The first-order chi connectivity index (χ1) is 23.4. The van der Waals surface area contributed by atoms with Crippen LogP contribution in [0.2, 0.25) is 0 Å². The molecule has 0 aromatic heterocycles. The van der Waals surface area contributed by atoms with Crippen molar-refractivity contribution in [2.45, 2.75) is 52.0 Å². The molecule has 0 radical (unpaired) electrons. The van der Waals surface area contributed by atoms with Gasteiger partial charge in [0.1, 0.15) is 11.6 Å². The highest BCUT2D eigenvalue weighted by atomic mass is 19.4. The van der Waals surface area contributed by atoms with Gasteiger partial charge in [0.05, 0.1) is 34.5 Å². The van der Waals surface area contributed by atoms with Crippen molar-refractivity contribution in [2.75, 3.05) is 6.61 Å². The van der Waals surface area contributed by atoms with Crippen LogP contribution in [-0.4, -0.2) is 30.3 Å². The number of aliphatic imine (C=N–C) groups is 1. The number of carbonyl (C=O) groups is 2. The highest BCUT2D eigenvalue weighted by molar-refractivity contribution is 6.01. The Bertz CT molecular complexity index is 1930. The summed E-state index contributed by atoms with van der Waals surface area (Å²) < 4.78 is 101. The monoisotopic (exact) mass is 699 g/mol. The molecule has 6 nitrogen and oxygen atoms in total. The summed E-state index contributed by atoms with van der Waals surface area (Å²) in [5, 5.41) is 2.79. The molecule has 1 fully saturated rings. The second-order valence-electron chi connectivity index (χ2n) is 12.2. The van der Waals surface area contributed by atoms with Crippen LogP contribution in [0.5, 0.6) is 5.75 Å². The van der Waals surface area contributed by atoms with Gasteiger partial charge in [0.2, 0.25) is 0 Å². The van der Waals surface area contributed by atoms with Crippen molar-refractivity contribution in [1.29, 1.82) is 0 Å². The SMILES string of the molecule is CCOc1ccc(-c2cc(C(F)(F)F)cc(C(F)(F)F)c2)cc1C(=O)NC1CC1(Cc1ccc(-c2ccc(F)c(C)c2)cc1)C(=O)N=C(C)N. The van der Waals surface area contributed by atoms with Crippen molar-refractivity contribution in [3.63, 3.8) is 0 Å². The molecule has 2 atom stereocenters. The number of ether oxygens (including phenoxy) is 1. The third-order valence-electron chi connectivity index (χ3n) is 8.49. The first kappa shape index (κ1) is 36.1. The lowest BCUT2D eigenvalue weighted by Gasteiger charge is -2.18. The van der Waals surface area contributed by atoms with Gasteiger partial charge in [-0.15, -0.1) is 0 Å². The minimum atomic E-state index is -5.06. The predicted molar refractivity (Wildman–Crippen MR) is 174 cm³/mol. The van der Waals surface area contributed by atoms with E-state index in [0.29, 0.717) is 17.7 Å². The lowest BCUT2D eigenvalue weighted by Crippen LogP contribution is -2.34. The molecule has 262 valence electrons. The second kappa shape index (κ2) is 13.6. The zero-order valence-corrected chi connectivity index (χ0v) is 27.1. The fourth-order valence-corrected chi connectivity index (χ4v) is 5.80. The fraction of sp³-hybridized carbons (Fsp3) is 0.270. The predicted octanol–water partition coefficient (Wildman–Crippen LogP) is 8.54. The molecule has 0 bridgehead atoms. The Labute approximate surface area is 283 Å². The van der Waals surface area contributed by atoms with Crippen molar-refractivity contribution in [2.24, 2.45) is 16.1 Å². The molecule has 2 unspecified atom stereocenters. The molecular weight excluding hydrogens is 667 g/mol. The van der Waals surface area contributed by atoms with Crippen LogP contribution in [0.25, 0.3) is 22.3 Å². The number of halogens is 7. The van der Waals surface area contributed by atoms with Crippen molar-refractivity contribution >= 4 is 17.6 Å². The number of benzene rings is 4. The average molecular weight is 700 g/mol.